The zero-order valence-corrected chi connectivity index (χ0v) is 16.2. The van der Waals surface area contributed by atoms with Crippen LogP contribution in [0.15, 0.2) is 72.8 Å². The van der Waals surface area contributed by atoms with E-state index in [1.165, 1.54) is 32.9 Å². The van der Waals surface area contributed by atoms with E-state index in [-0.39, 0.29) is 0 Å². The summed E-state index contributed by atoms with van der Waals surface area (Å²) in [6.45, 7) is 6.75. The van der Waals surface area contributed by atoms with Crippen LogP contribution in [0.1, 0.15) is 37.3 Å². The number of hydrogen-bond acceptors (Lipinski definition) is 1. The van der Waals surface area contributed by atoms with E-state index < -0.39 is 0 Å². The maximum Gasteiger partial charge on any atom is 0.0717 e. The second-order valence-corrected chi connectivity index (χ2v) is 7.29. The summed E-state index contributed by atoms with van der Waals surface area (Å²) in [5.41, 5.74) is 5.22. The molecule has 0 N–H and O–H groups in total. The van der Waals surface area contributed by atoms with Crippen LogP contribution in [-0.2, 0) is 17.9 Å². The Morgan fingerprint density at radius 1 is 0.852 bits per heavy atom. The largest absolute Gasteiger partial charge is 0.375 e. The van der Waals surface area contributed by atoms with E-state index in [4.69, 9.17) is 4.74 Å². The van der Waals surface area contributed by atoms with Crippen molar-refractivity contribution in [2.75, 3.05) is 6.61 Å². The van der Waals surface area contributed by atoms with Gasteiger partial charge in [-0.15, -0.1) is 0 Å². The molecule has 0 spiro atoms. The number of ether oxygens (including phenoxy) is 1. The van der Waals surface area contributed by atoms with Crippen LogP contribution in [0.25, 0.3) is 21.8 Å². The van der Waals surface area contributed by atoms with E-state index in [2.05, 4.69) is 91.2 Å². The molecule has 2 heteroatoms. The summed E-state index contributed by atoms with van der Waals surface area (Å²) in [6.07, 6.45) is 1.16. The Kier molecular flexibility index (Phi) is 5.26. The Bertz CT molecular complexity index is 993. The second kappa shape index (κ2) is 7.98. The Morgan fingerprint density at radius 2 is 1.52 bits per heavy atom. The van der Waals surface area contributed by atoms with E-state index in [9.17, 15) is 0 Å². The average Bonchev–Trinajstić information content (AvgIpc) is 3.05. The van der Waals surface area contributed by atoms with Crippen LogP contribution in [0.2, 0.25) is 0 Å². The van der Waals surface area contributed by atoms with Crippen molar-refractivity contribution in [1.82, 2.24) is 4.57 Å². The average molecular weight is 357 g/mol. The van der Waals surface area contributed by atoms with Crippen molar-refractivity contribution < 1.29 is 4.74 Å². The van der Waals surface area contributed by atoms with Gasteiger partial charge in [-0.3, -0.25) is 0 Å². The van der Waals surface area contributed by atoms with Gasteiger partial charge in [-0.25, -0.2) is 0 Å². The highest BCUT2D eigenvalue weighted by atomic mass is 16.5. The molecule has 0 saturated carbocycles. The van der Waals surface area contributed by atoms with Crippen molar-refractivity contribution in [3.05, 3.63) is 83.9 Å². The molecule has 0 radical (unpaired) electrons. The van der Waals surface area contributed by atoms with Crippen LogP contribution in [-0.4, -0.2) is 11.2 Å². The van der Waals surface area contributed by atoms with Gasteiger partial charge in [0.1, 0.15) is 0 Å². The number of fused-ring (bicyclic) bond motifs is 3. The molecule has 4 rings (SSSR count). The normalized spacial score (nSPS) is 12.7. The molecule has 0 bridgehead atoms. The number of rotatable bonds is 7. The summed E-state index contributed by atoms with van der Waals surface area (Å²) < 4.78 is 8.41. The minimum Gasteiger partial charge on any atom is -0.375 e. The summed E-state index contributed by atoms with van der Waals surface area (Å²) in [7, 11) is 0. The van der Waals surface area contributed by atoms with Gasteiger partial charge in [-0.05, 0) is 35.6 Å². The van der Waals surface area contributed by atoms with Gasteiger partial charge >= 0.3 is 0 Å². The molecule has 0 aliphatic carbocycles. The number of nitrogens with zero attached hydrogens (tertiary/aromatic N) is 1. The molecule has 0 aliphatic rings. The van der Waals surface area contributed by atoms with Gasteiger partial charge in [0.15, 0.2) is 0 Å². The molecule has 1 aromatic heterocycles. The lowest BCUT2D eigenvalue weighted by atomic mass is 9.97. The first-order chi connectivity index (χ1) is 13.3. The predicted octanol–water partition coefficient (Wildman–Crippen LogP) is 6.52. The van der Waals surface area contributed by atoms with Crippen molar-refractivity contribution in [1.29, 1.82) is 0 Å². The molecule has 138 valence electrons. The van der Waals surface area contributed by atoms with Crippen LogP contribution < -0.4 is 0 Å². The van der Waals surface area contributed by atoms with Crippen molar-refractivity contribution in [2.24, 2.45) is 0 Å². The molecule has 1 atom stereocenters. The van der Waals surface area contributed by atoms with Crippen molar-refractivity contribution in [3.63, 3.8) is 0 Å². The number of aromatic nitrogens is 1. The first kappa shape index (κ1) is 17.8. The fourth-order valence-corrected chi connectivity index (χ4v) is 3.82. The van der Waals surface area contributed by atoms with E-state index in [1.807, 2.05) is 0 Å². The molecule has 0 amide bonds. The number of hydrogen-bond donors (Lipinski definition) is 0. The maximum absolute atomic E-state index is 6.04. The molecule has 0 aliphatic heterocycles. The van der Waals surface area contributed by atoms with E-state index >= 15 is 0 Å². The van der Waals surface area contributed by atoms with Crippen molar-refractivity contribution >= 4 is 21.8 Å². The highest BCUT2D eigenvalue weighted by Gasteiger charge is 2.09. The quantitative estimate of drug-likeness (QED) is 0.343. The smallest absolute Gasteiger partial charge is 0.0717 e. The molecule has 0 fully saturated rings. The summed E-state index contributed by atoms with van der Waals surface area (Å²) in [5, 5.41) is 2.63. The van der Waals surface area contributed by atoms with Gasteiger partial charge in [-0.2, -0.15) is 0 Å². The first-order valence-corrected chi connectivity index (χ1v) is 9.90. The molecule has 2 nitrogen and oxygen atoms in total. The monoisotopic (exact) mass is 357 g/mol. The van der Waals surface area contributed by atoms with Crippen molar-refractivity contribution in [2.45, 2.75) is 39.3 Å². The standard InChI is InChI=1S/C25H27NO/c1-3-19(2)21-10-8-9-20(17-21)18-27-16-15-26-24-13-6-4-11-22(24)23-12-5-7-14-25(23)26/h4-14,17,19H,3,15-16,18H2,1-2H3. The maximum atomic E-state index is 6.04. The third-order valence-electron chi connectivity index (χ3n) is 5.54. The van der Waals surface area contributed by atoms with Crippen LogP contribution in [0.5, 0.6) is 0 Å². The number of para-hydroxylation sites is 2. The summed E-state index contributed by atoms with van der Waals surface area (Å²) >= 11 is 0. The SMILES string of the molecule is CCC(C)c1cccc(COCCn2c3ccccc3c3ccccc32)c1. The minimum absolute atomic E-state index is 0.600. The lowest BCUT2D eigenvalue weighted by molar-refractivity contribution is 0.114. The Labute approximate surface area is 161 Å². The molecular formula is C25H27NO. The summed E-state index contributed by atoms with van der Waals surface area (Å²) in [6, 6.07) is 26.1. The molecule has 1 unspecified atom stereocenters. The van der Waals surface area contributed by atoms with Gasteiger partial charge in [0.25, 0.3) is 0 Å². The van der Waals surface area contributed by atoms with Crippen molar-refractivity contribution in [3.8, 4) is 0 Å². The Balaban J connectivity index is 1.47. The van der Waals surface area contributed by atoms with Gasteiger partial charge < -0.3 is 9.30 Å². The van der Waals surface area contributed by atoms with Gasteiger partial charge in [-0.1, -0.05) is 74.5 Å². The highest BCUT2D eigenvalue weighted by molar-refractivity contribution is 6.07. The number of benzene rings is 3. The summed E-state index contributed by atoms with van der Waals surface area (Å²) in [4.78, 5) is 0. The topological polar surface area (TPSA) is 14.2 Å². The lowest BCUT2D eigenvalue weighted by Gasteiger charge is -2.12. The third kappa shape index (κ3) is 3.63. The van der Waals surface area contributed by atoms with E-state index in [0.717, 1.165) is 13.0 Å². The van der Waals surface area contributed by atoms with Crippen LogP contribution in [0, 0.1) is 0 Å². The summed E-state index contributed by atoms with van der Waals surface area (Å²) in [5.74, 6) is 0.600. The minimum atomic E-state index is 0.600. The second-order valence-electron chi connectivity index (χ2n) is 7.29. The van der Waals surface area contributed by atoms with Gasteiger partial charge in [0, 0.05) is 28.4 Å². The third-order valence-corrected chi connectivity index (χ3v) is 5.54. The fraction of sp³-hybridized carbons (Fsp3) is 0.280. The Hall–Kier alpha value is -2.58. The zero-order chi connectivity index (χ0) is 18.6. The molecule has 4 aromatic rings. The molecule has 3 aromatic carbocycles. The highest BCUT2D eigenvalue weighted by Crippen LogP contribution is 2.28. The molecule has 1 heterocycles. The fourth-order valence-electron chi connectivity index (χ4n) is 3.82. The molecular weight excluding hydrogens is 330 g/mol. The first-order valence-electron chi connectivity index (χ1n) is 9.90. The lowest BCUT2D eigenvalue weighted by Crippen LogP contribution is -2.06. The molecule has 0 saturated heterocycles. The van der Waals surface area contributed by atoms with Gasteiger partial charge in [0.05, 0.1) is 13.2 Å². The predicted molar refractivity (Wildman–Crippen MR) is 114 cm³/mol. The van der Waals surface area contributed by atoms with Crippen LogP contribution in [0.3, 0.4) is 0 Å². The van der Waals surface area contributed by atoms with E-state index in [0.29, 0.717) is 19.1 Å². The molecule has 27 heavy (non-hydrogen) atoms. The van der Waals surface area contributed by atoms with Crippen LogP contribution in [0.4, 0.5) is 0 Å². The Morgan fingerprint density at radius 3 is 2.19 bits per heavy atom. The van der Waals surface area contributed by atoms with Gasteiger partial charge in [0.2, 0.25) is 0 Å². The van der Waals surface area contributed by atoms with Crippen LogP contribution >= 0.6 is 0 Å². The zero-order valence-electron chi connectivity index (χ0n) is 16.2. The van der Waals surface area contributed by atoms with E-state index in [1.54, 1.807) is 0 Å².